The first-order valence-corrected chi connectivity index (χ1v) is 3.90. The van der Waals surface area contributed by atoms with Crippen molar-refractivity contribution in [2.75, 3.05) is 0 Å². The first kappa shape index (κ1) is 8.74. The minimum absolute atomic E-state index is 0.0869. The van der Waals surface area contributed by atoms with Crippen LogP contribution in [0.4, 0.5) is 8.78 Å². The van der Waals surface area contributed by atoms with Crippen LogP contribution in [-0.2, 0) is 0 Å². The van der Waals surface area contributed by atoms with E-state index in [0.29, 0.717) is 0 Å². The van der Waals surface area contributed by atoms with Crippen LogP contribution in [0.25, 0.3) is 10.8 Å². The highest BCUT2D eigenvalue weighted by molar-refractivity contribution is 5.92. The van der Waals surface area contributed by atoms with Crippen LogP contribution in [0.15, 0.2) is 24.3 Å². The van der Waals surface area contributed by atoms with Crippen LogP contribution in [0.2, 0.25) is 0 Å². The molecule has 0 fully saturated rings. The zero-order valence-corrected chi connectivity index (χ0v) is 6.96. The zero-order chi connectivity index (χ0) is 10.3. The van der Waals surface area contributed by atoms with Crippen molar-refractivity contribution in [3.05, 3.63) is 35.9 Å². The van der Waals surface area contributed by atoms with Crippen molar-refractivity contribution in [2.45, 2.75) is 0 Å². The van der Waals surface area contributed by atoms with Gasteiger partial charge in [-0.05, 0) is 24.3 Å². The summed E-state index contributed by atoms with van der Waals surface area (Å²) in [5.41, 5.74) is 0. The molecule has 0 radical (unpaired) electrons. The Kier molecular flexibility index (Phi) is 1.77. The number of phenolic OH excluding ortho intramolecular Hbond substituents is 2. The smallest absolute Gasteiger partial charge is 0.165 e. The summed E-state index contributed by atoms with van der Waals surface area (Å²) in [6, 6.07) is 4.36. The van der Waals surface area contributed by atoms with E-state index in [1.807, 2.05) is 0 Å². The lowest BCUT2D eigenvalue weighted by Gasteiger charge is -2.04. The molecule has 0 saturated carbocycles. The normalized spacial score (nSPS) is 10.7. The molecule has 0 amide bonds. The molecule has 0 heterocycles. The Morgan fingerprint density at radius 1 is 0.714 bits per heavy atom. The van der Waals surface area contributed by atoms with Crippen molar-refractivity contribution < 1.29 is 19.0 Å². The van der Waals surface area contributed by atoms with Crippen LogP contribution in [-0.4, -0.2) is 10.2 Å². The molecule has 2 nitrogen and oxygen atoms in total. The molecule has 72 valence electrons. The highest BCUT2D eigenvalue weighted by atomic mass is 19.1. The van der Waals surface area contributed by atoms with Crippen molar-refractivity contribution in [3.8, 4) is 11.5 Å². The van der Waals surface area contributed by atoms with E-state index in [2.05, 4.69) is 0 Å². The van der Waals surface area contributed by atoms with Crippen molar-refractivity contribution in [1.29, 1.82) is 0 Å². The third-order valence-corrected chi connectivity index (χ3v) is 2.05. The van der Waals surface area contributed by atoms with E-state index in [0.717, 1.165) is 12.1 Å². The Balaban J connectivity index is 2.94. The summed E-state index contributed by atoms with van der Waals surface area (Å²) in [6.45, 7) is 0. The average molecular weight is 196 g/mol. The molecular weight excluding hydrogens is 190 g/mol. The fourth-order valence-electron chi connectivity index (χ4n) is 1.32. The highest BCUT2D eigenvalue weighted by Crippen LogP contribution is 2.34. The molecule has 2 aromatic carbocycles. The van der Waals surface area contributed by atoms with E-state index >= 15 is 0 Å². The molecule has 2 N–H and O–H groups in total. The molecule has 0 aliphatic rings. The number of rotatable bonds is 0. The molecule has 0 saturated heterocycles. The SMILES string of the molecule is Oc1c(F)ccc2c(O)c(F)ccc12. The Bertz CT molecular complexity index is 462. The molecule has 14 heavy (non-hydrogen) atoms. The van der Waals surface area contributed by atoms with E-state index in [-0.39, 0.29) is 10.8 Å². The molecule has 2 aromatic rings. The predicted molar refractivity (Wildman–Crippen MR) is 47.2 cm³/mol. The van der Waals surface area contributed by atoms with Gasteiger partial charge in [0.15, 0.2) is 23.1 Å². The summed E-state index contributed by atoms with van der Waals surface area (Å²) in [5, 5.41) is 18.7. The second-order valence-electron chi connectivity index (χ2n) is 2.89. The van der Waals surface area contributed by atoms with Gasteiger partial charge in [-0.2, -0.15) is 0 Å². The van der Waals surface area contributed by atoms with Gasteiger partial charge in [-0.15, -0.1) is 0 Å². The van der Waals surface area contributed by atoms with Gasteiger partial charge in [0.05, 0.1) is 0 Å². The first-order chi connectivity index (χ1) is 6.61. The summed E-state index contributed by atoms with van der Waals surface area (Å²) in [5.74, 6) is -2.78. The van der Waals surface area contributed by atoms with E-state index in [9.17, 15) is 19.0 Å². The predicted octanol–water partition coefficient (Wildman–Crippen LogP) is 2.53. The molecular formula is C10H6F2O2. The van der Waals surface area contributed by atoms with Gasteiger partial charge in [0, 0.05) is 10.8 Å². The van der Waals surface area contributed by atoms with Crippen molar-refractivity contribution in [3.63, 3.8) is 0 Å². The topological polar surface area (TPSA) is 40.5 Å². The van der Waals surface area contributed by atoms with Gasteiger partial charge in [0.2, 0.25) is 0 Å². The van der Waals surface area contributed by atoms with Gasteiger partial charge >= 0.3 is 0 Å². The maximum absolute atomic E-state index is 12.9. The number of phenols is 2. The van der Waals surface area contributed by atoms with E-state index in [1.165, 1.54) is 12.1 Å². The molecule has 2 rings (SSSR count). The summed E-state index contributed by atoms with van der Waals surface area (Å²) in [4.78, 5) is 0. The van der Waals surface area contributed by atoms with Crippen LogP contribution in [0.1, 0.15) is 0 Å². The lowest BCUT2D eigenvalue weighted by molar-refractivity contribution is 0.432. The molecule has 0 aliphatic carbocycles. The fraction of sp³-hybridized carbons (Fsp3) is 0. The Morgan fingerprint density at radius 2 is 1.07 bits per heavy atom. The van der Waals surface area contributed by atoms with Crippen LogP contribution >= 0.6 is 0 Å². The average Bonchev–Trinajstić information content (AvgIpc) is 2.17. The van der Waals surface area contributed by atoms with Crippen LogP contribution in [0, 0.1) is 11.6 Å². The van der Waals surface area contributed by atoms with E-state index in [1.54, 1.807) is 0 Å². The number of fused-ring (bicyclic) bond motifs is 1. The first-order valence-electron chi connectivity index (χ1n) is 3.90. The maximum atomic E-state index is 12.9. The Morgan fingerprint density at radius 3 is 1.43 bits per heavy atom. The van der Waals surface area contributed by atoms with Crippen molar-refractivity contribution in [2.24, 2.45) is 0 Å². The number of aromatic hydroxyl groups is 2. The highest BCUT2D eigenvalue weighted by Gasteiger charge is 2.11. The summed E-state index contributed by atoms with van der Waals surface area (Å²) < 4.78 is 25.7. The van der Waals surface area contributed by atoms with Gasteiger partial charge in [0.1, 0.15) is 0 Å². The van der Waals surface area contributed by atoms with Gasteiger partial charge in [0.25, 0.3) is 0 Å². The molecule has 0 aliphatic heterocycles. The number of halogens is 2. The lowest BCUT2D eigenvalue weighted by atomic mass is 10.1. The van der Waals surface area contributed by atoms with E-state index < -0.39 is 23.1 Å². The minimum atomic E-state index is -0.802. The number of hydrogen-bond acceptors (Lipinski definition) is 2. The quantitative estimate of drug-likeness (QED) is 0.679. The molecule has 4 heteroatoms. The lowest BCUT2D eigenvalue weighted by Crippen LogP contribution is -1.83. The molecule has 0 atom stereocenters. The molecule has 0 bridgehead atoms. The summed E-state index contributed by atoms with van der Waals surface area (Å²) in [6.07, 6.45) is 0. The van der Waals surface area contributed by atoms with Gasteiger partial charge in [-0.3, -0.25) is 0 Å². The Hall–Kier alpha value is -1.84. The van der Waals surface area contributed by atoms with Crippen LogP contribution in [0.3, 0.4) is 0 Å². The molecule has 0 unspecified atom stereocenters. The number of benzene rings is 2. The Labute approximate surface area is 78.0 Å². The zero-order valence-electron chi connectivity index (χ0n) is 6.96. The standard InChI is InChI=1S/C10H6F2O2/c11-7-3-1-5-6(10(7)14)2-4-8(12)9(5)13/h1-4,13-14H. The van der Waals surface area contributed by atoms with Crippen LogP contribution < -0.4 is 0 Å². The third-order valence-electron chi connectivity index (χ3n) is 2.05. The van der Waals surface area contributed by atoms with Crippen molar-refractivity contribution >= 4 is 10.8 Å². The summed E-state index contributed by atoms with van der Waals surface area (Å²) >= 11 is 0. The summed E-state index contributed by atoms with van der Waals surface area (Å²) in [7, 11) is 0. The minimum Gasteiger partial charge on any atom is -0.504 e. The third kappa shape index (κ3) is 1.08. The van der Waals surface area contributed by atoms with E-state index in [4.69, 9.17) is 0 Å². The molecule has 0 aromatic heterocycles. The second kappa shape index (κ2) is 2.83. The monoisotopic (exact) mass is 196 g/mol. The van der Waals surface area contributed by atoms with Crippen molar-refractivity contribution in [1.82, 2.24) is 0 Å². The largest absolute Gasteiger partial charge is 0.504 e. The fourth-order valence-corrected chi connectivity index (χ4v) is 1.32. The molecule has 0 spiro atoms. The second-order valence-corrected chi connectivity index (χ2v) is 2.89. The maximum Gasteiger partial charge on any atom is 0.165 e. The van der Waals surface area contributed by atoms with Crippen LogP contribution in [0.5, 0.6) is 11.5 Å². The van der Waals surface area contributed by atoms with Gasteiger partial charge < -0.3 is 10.2 Å². The van der Waals surface area contributed by atoms with Gasteiger partial charge in [-0.1, -0.05) is 0 Å². The number of hydrogen-bond donors (Lipinski definition) is 2. The van der Waals surface area contributed by atoms with Gasteiger partial charge in [-0.25, -0.2) is 8.78 Å².